The van der Waals surface area contributed by atoms with Crippen molar-refractivity contribution in [2.45, 2.75) is 44.7 Å². The summed E-state index contributed by atoms with van der Waals surface area (Å²) < 4.78 is 4.91. The lowest BCUT2D eigenvalue weighted by Crippen LogP contribution is -2.45. The van der Waals surface area contributed by atoms with Crippen molar-refractivity contribution in [2.75, 3.05) is 13.2 Å². The number of ether oxygens (including phenoxy) is 1. The molecule has 2 amide bonds. The first kappa shape index (κ1) is 38.5. The molecule has 4 aromatic carbocycles. The summed E-state index contributed by atoms with van der Waals surface area (Å²) in [6.07, 6.45) is 0.900. The first-order chi connectivity index (χ1) is 23.4. The number of esters is 1. The topological polar surface area (TPSA) is 168 Å². The van der Waals surface area contributed by atoms with E-state index in [0.29, 0.717) is 24.5 Å². The van der Waals surface area contributed by atoms with Crippen molar-refractivity contribution < 1.29 is 34.1 Å². The number of hydrogen-bond acceptors (Lipinski definition) is 6. The number of halogens is 2. The van der Waals surface area contributed by atoms with Gasteiger partial charge in [-0.15, -0.1) is 0 Å². The number of nitrogens with one attached hydrogen (secondary N) is 2. The second-order valence-electron chi connectivity index (χ2n) is 11.1. The van der Waals surface area contributed by atoms with Crippen molar-refractivity contribution in [2.24, 2.45) is 5.73 Å². The van der Waals surface area contributed by atoms with Gasteiger partial charge in [0.05, 0.1) is 19.4 Å². The highest BCUT2D eigenvalue weighted by Crippen LogP contribution is 2.24. The molecule has 10 nitrogen and oxygen atoms in total. The van der Waals surface area contributed by atoms with Crippen LogP contribution in [-0.2, 0) is 32.0 Å². The third-order valence-corrected chi connectivity index (χ3v) is 7.56. The van der Waals surface area contributed by atoms with Crippen molar-refractivity contribution in [3.63, 3.8) is 0 Å². The fraction of sp³-hybridized carbons (Fsp3) is 0.243. The summed E-state index contributed by atoms with van der Waals surface area (Å²) in [6.45, 7) is 1.64. The first-order valence-electron chi connectivity index (χ1n) is 15.5. The maximum absolute atomic E-state index is 11.7. The normalized spacial score (nSPS) is 11.7. The van der Waals surface area contributed by atoms with E-state index in [1.165, 1.54) is 0 Å². The molecule has 258 valence electrons. The summed E-state index contributed by atoms with van der Waals surface area (Å²) in [5, 5.41) is 23.6. The molecule has 0 aliphatic rings. The Bertz CT molecular complexity index is 1700. The predicted molar refractivity (Wildman–Crippen MR) is 191 cm³/mol. The number of rotatable bonds is 14. The fourth-order valence-electron chi connectivity index (χ4n) is 4.87. The Morgan fingerprint density at radius 2 is 1.22 bits per heavy atom. The minimum absolute atomic E-state index is 0.226. The second-order valence-corrected chi connectivity index (χ2v) is 12.0. The van der Waals surface area contributed by atoms with E-state index in [1.807, 2.05) is 91.0 Å². The largest absolute Gasteiger partial charge is 0.481 e. The molecule has 0 heterocycles. The summed E-state index contributed by atoms with van der Waals surface area (Å²) in [5.41, 5.74) is 12.0. The Labute approximate surface area is 295 Å². The van der Waals surface area contributed by atoms with E-state index in [-0.39, 0.29) is 24.9 Å². The molecule has 0 saturated carbocycles. The lowest BCUT2D eigenvalue weighted by molar-refractivity contribution is -0.143. The van der Waals surface area contributed by atoms with Crippen LogP contribution in [0.3, 0.4) is 0 Å². The average molecular weight is 709 g/mol. The second kappa shape index (κ2) is 19.8. The van der Waals surface area contributed by atoms with Crippen molar-refractivity contribution >= 4 is 47.1 Å². The predicted octanol–water partition coefficient (Wildman–Crippen LogP) is 6.61. The number of carbonyl (C=O) groups is 4. The maximum atomic E-state index is 11.7. The number of urea groups is 1. The van der Waals surface area contributed by atoms with E-state index in [9.17, 15) is 19.2 Å². The molecule has 49 heavy (non-hydrogen) atoms. The van der Waals surface area contributed by atoms with Gasteiger partial charge in [-0.1, -0.05) is 96.0 Å². The maximum Gasteiger partial charge on any atom is 0.323 e. The molecule has 0 saturated heterocycles. The standard InChI is InChI=1S/C19H19ClN2O5.C18H20ClNO2/c20-15-3-1-2-14(9-15)13-6-4-12(5-7-13)8-16(10-17(23)24)22-19(27)21-11-18(25)26;1-2-22-18(21)12-17(20)10-13-6-8-14(9-7-13)15-4-3-5-16(19)11-15/h1-7,9,16H,8,10-11H2,(H,23,24)(H,25,26)(H2,21,22,27);3-9,11,17H,2,10,12,20H2,1H3/t16-;17-/m11/s1. The van der Waals surface area contributed by atoms with Crippen molar-refractivity contribution in [3.8, 4) is 22.3 Å². The zero-order valence-corrected chi connectivity index (χ0v) is 28.4. The molecule has 0 spiro atoms. The number of aliphatic carboxylic acids is 2. The van der Waals surface area contributed by atoms with Gasteiger partial charge in [0.15, 0.2) is 0 Å². The number of carboxylic acid groups (broad SMARTS) is 2. The Morgan fingerprint density at radius 1 is 0.714 bits per heavy atom. The van der Waals surface area contributed by atoms with Gasteiger partial charge in [-0.2, -0.15) is 0 Å². The zero-order valence-electron chi connectivity index (χ0n) is 26.9. The van der Waals surface area contributed by atoms with Crippen molar-refractivity contribution in [1.29, 1.82) is 0 Å². The summed E-state index contributed by atoms with van der Waals surface area (Å²) in [7, 11) is 0. The fourth-order valence-corrected chi connectivity index (χ4v) is 5.25. The molecule has 0 unspecified atom stereocenters. The molecule has 4 aromatic rings. The molecule has 0 aromatic heterocycles. The van der Waals surface area contributed by atoms with Gasteiger partial charge in [-0.05, 0) is 77.4 Å². The van der Waals surface area contributed by atoms with Gasteiger partial charge < -0.3 is 31.3 Å². The van der Waals surface area contributed by atoms with E-state index in [0.717, 1.165) is 38.4 Å². The van der Waals surface area contributed by atoms with Crippen LogP contribution in [0.2, 0.25) is 10.0 Å². The zero-order chi connectivity index (χ0) is 35.8. The van der Waals surface area contributed by atoms with Crippen LogP contribution in [0, 0.1) is 0 Å². The minimum Gasteiger partial charge on any atom is -0.481 e. The summed E-state index contributed by atoms with van der Waals surface area (Å²) in [5.74, 6) is -2.49. The highest BCUT2D eigenvalue weighted by molar-refractivity contribution is 6.31. The highest BCUT2D eigenvalue weighted by Gasteiger charge is 2.17. The van der Waals surface area contributed by atoms with Gasteiger partial charge in [0.2, 0.25) is 0 Å². The monoisotopic (exact) mass is 707 g/mol. The highest BCUT2D eigenvalue weighted by atomic mass is 35.5. The molecule has 4 rings (SSSR count). The van der Waals surface area contributed by atoms with Crippen molar-refractivity contribution in [1.82, 2.24) is 10.6 Å². The van der Waals surface area contributed by atoms with E-state index < -0.39 is 30.6 Å². The number of carbonyl (C=O) groups excluding carboxylic acids is 2. The first-order valence-corrected chi connectivity index (χ1v) is 16.3. The van der Waals surface area contributed by atoms with Crippen LogP contribution in [0.15, 0.2) is 97.1 Å². The summed E-state index contributed by atoms with van der Waals surface area (Å²) in [4.78, 5) is 44.6. The van der Waals surface area contributed by atoms with Crippen LogP contribution in [0.5, 0.6) is 0 Å². The number of amides is 2. The lowest BCUT2D eigenvalue weighted by Gasteiger charge is -2.17. The van der Waals surface area contributed by atoms with E-state index in [2.05, 4.69) is 10.6 Å². The number of carboxylic acids is 2. The van der Waals surface area contributed by atoms with Gasteiger partial charge in [0.25, 0.3) is 0 Å². The molecule has 0 radical (unpaired) electrons. The van der Waals surface area contributed by atoms with Gasteiger partial charge in [0, 0.05) is 22.1 Å². The van der Waals surface area contributed by atoms with E-state index in [1.54, 1.807) is 13.0 Å². The van der Waals surface area contributed by atoms with E-state index in [4.69, 9.17) is 43.9 Å². The van der Waals surface area contributed by atoms with Crippen LogP contribution < -0.4 is 16.4 Å². The summed E-state index contributed by atoms with van der Waals surface area (Å²) >= 11 is 12.0. The average Bonchev–Trinajstić information content (AvgIpc) is 3.04. The molecule has 0 bridgehead atoms. The number of benzene rings is 4. The van der Waals surface area contributed by atoms with Gasteiger partial charge in [-0.25, -0.2) is 4.79 Å². The molecule has 0 fully saturated rings. The molecule has 6 N–H and O–H groups in total. The molecule has 2 atom stereocenters. The third kappa shape index (κ3) is 14.4. The van der Waals surface area contributed by atoms with Crippen molar-refractivity contribution in [3.05, 3.63) is 118 Å². The summed E-state index contributed by atoms with van der Waals surface area (Å²) in [6, 6.07) is 29.2. The van der Waals surface area contributed by atoms with Crippen LogP contribution >= 0.6 is 23.2 Å². The number of hydrogen-bond donors (Lipinski definition) is 5. The third-order valence-electron chi connectivity index (χ3n) is 7.09. The van der Waals surface area contributed by atoms with Crippen LogP contribution in [0.25, 0.3) is 22.3 Å². The van der Waals surface area contributed by atoms with Gasteiger partial charge >= 0.3 is 23.9 Å². The van der Waals surface area contributed by atoms with Gasteiger partial charge in [-0.3, -0.25) is 14.4 Å². The van der Waals surface area contributed by atoms with Crippen LogP contribution in [-0.4, -0.2) is 59.4 Å². The Kier molecular flexibility index (Phi) is 15.6. The molecular weight excluding hydrogens is 669 g/mol. The molecular formula is C37H39Cl2N3O7. The molecule has 0 aliphatic heterocycles. The Balaban J connectivity index is 0.000000271. The van der Waals surface area contributed by atoms with Gasteiger partial charge in [0.1, 0.15) is 6.54 Å². The lowest BCUT2D eigenvalue weighted by atomic mass is 9.99. The minimum atomic E-state index is -1.18. The Morgan fingerprint density at radius 3 is 1.67 bits per heavy atom. The van der Waals surface area contributed by atoms with Crippen LogP contribution in [0.4, 0.5) is 4.79 Å². The Hall–Kier alpha value is -4.90. The smallest absolute Gasteiger partial charge is 0.323 e. The quantitative estimate of drug-likeness (QED) is 0.0913. The molecule has 12 heteroatoms. The van der Waals surface area contributed by atoms with E-state index >= 15 is 0 Å². The molecule has 0 aliphatic carbocycles. The SMILES string of the molecule is CCOC(=O)C[C@H](N)Cc1ccc(-c2cccc(Cl)c2)cc1.O=C(O)CNC(=O)N[C@@H](CC(=O)O)Cc1ccc(-c2cccc(Cl)c2)cc1. The van der Waals surface area contributed by atoms with Crippen LogP contribution in [0.1, 0.15) is 30.9 Å². The number of nitrogens with two attached hydrogens (primary N) is 1.